The van der Waals surface area contributed by atoms with Crippen LogP contribution in [0.5, 0.6) is 0 Å². The number of anilines is 1. The van der Waals surface area contributed by atoms with Crippen molar-refractivity contribution in [3.05, 3.63) is 24.3 Å². The average molecular weight is 335 g/mol. The highest BCUT2D eigenvalue weighted by Crippen LogP contribution is 2.34. The van der Waals surface area contributed by atoms with Crippen molar-refractivity contribution < 1.29 is 4.79 Å². The lowest BCUT2D eigenvalue weighted by molar-refractivity contribution is -0.118. The largest absolute Gasteiger partial charge is 0.307 e. The Balaban J connectivity index is 2.15. The molecular weight excluding hydrogens is 304 g/mol. The second-order valence-corrected chi connectivity index (χ2v) is 8.12. The van der Waals surface area contributed by atoms with Crippen molar-refractivity contribution in [1.29, 1.82) is 0 Å². The van der Waals surface area contributed by atoms with Crippen LogP contribution >= 0.6 is 11.8 Å². The number of carbonyl (C=O) groups is 1. The summed E-state index contributed by atoms with van der Waals surface area (Å²) in [6, 6.07) is 8.37. The lowest BCUT2D eigenvalue weighted by Gasteiger charge is -2.46. The zero-order chi connectivity index (χ0) is 17.0. The molecule has 0 atom stereocenters. The molecule has 1 fully saturated rings. The predicted octanol–water partition coefficient (Wildman–Crippen LogP) is 4.27. The molecule has 1 aliphatic rings. The number of likely N-dealkylation sites (tertiary alicyclic amines) is 1. The van der Waals surface area contributed by atoms with E-state index in [0.29, 0.717) is 5.92 Å². The van der Waals surface area contributed by atoms with Crippen LogP contribution in [0.3, 0.4) is 0 Å². The Morgan fingerprint density at radius 2 is 1.83 bits per heavy atom. The molecule has 1 aromatic rings. The summed E-state index contributed by atoms with van der Waals surface area (Å²) in [4.78, 5) is 18.1. The average Bonchev–Trinajstić information content (AvgIpc) is 2.50. The van der Waals surface area contributed by atoms with Crippen LogP contribution < -0.4 is 4.90 Å². The van der Waals surface area contributed by atoms with Crippen LogP contribution in [-0.4, -0.2) is 42.2 Å². The standard InChI is InChI=1S/C19H30N2OS/c1-15(2)14-20-12-10-19(4,11-13-20)21(16(3)22)17-6-8-18(23-5)9-7-17/h6-9,15H,10-14H2,1-5H3. The van der Waals surface area contributed by atoms with E-state index in [1.165, 1.54) is 4.90 Å². The van der Waals surface area contributed by atoms with Gasteiger partial charge >= 0.3 is 0 Å². The number of amides is 1. The van der Waals surface area contributed by atoms with E-state index in [0.717, 1.165) is 38.2 Å². The summed E-state index contributed by atoms with van der Waals surface area (Å²) in [6.07, 6.45) is 4.14. The van der Waals surface area contributed by atoms with E-state index >= 15 is 0 Å². The van der Waals surface area contributed by atoms with E-state index in [1.807, 2.05) is 4.90 Å². The topological polar surface area (TPSA) is 23.6 Å². The molecule has 0 aliphatic carbocycles. The Morgan fingerprint density at radius 1 is 1.26 bits per heavy atom. The molecule has 1 aliphatic heterocycles. The Kier molecular flexibility index (Phi) is 6.15. The van der Waals surface area contributed by atoms with Crippen molar-refractivity contribution in [1.82, 2.24) is 4.90 Å². The summed E-state index contributed by atoms with van der Waals surface area (Å²) < 4.78 is 0. The maximum atomic E-state index is 12.4. The molecule has 2 rings (SSSR count). The van der Waals surface area contributed by atoms with Gasteiger partial charge in [0.25, 0.3) is 0 Å². The molecule has 0 N–H and O–H groups in total. The fraction of sp³-hybridized carbons (Fsp3) is 0.632. The minimum Gasteiger partial charge on any atom is -0.307 e. The number of benzene rings is 1. The van der Waals surface area contributed by atoms with Crippen molar-refractivity contribution in [3.8, 4) is 0 Å². The first kappa shape index (κ1) is 18.3. The van der Waals surface area contributed by atoms with E-state index in [2.05, 4.69) is 56.2 Å². The highest BCUT2D eigenvalue weighted by atomic mass is 32.2. The van der Waals surface area contributed by atoms with Crippen LogP contribution in [-0.2, 0) is 4.79 Å². The second-order valence-electron chi connectivity index (χ2n) is 7.24. The maximum absolute atomic E-state index is 12.4. The summed E-state index contributed by atoms with van der Waals surface area (Å²) >= 11 is 1.73. The number of hydrogen-bond donors (Lipinski definition) is 0. The maximum Gasteiger partial charge on any atom is 0.224 e. The Labute approximate surface area is 145 Å². The molecule has 1 amide bonds. The fourth-order valence-corrected chi connectivity index (χ4v) is 3.97. The van der Waals surface area contributed by atoms with Gasteiger partial charge in [-0.05, 0) is 56.2 Å². The number of carbonyl (C=O) groups excluding carboxylic acids is 1. The molecule has 0 unspecified atom stereocenters. The minimum atomic E-state index is -0.0831. The second kappa shape index (κ2) is 7.71. The number of piperidine rings is 1. The molecule has 0 aromatic heterocycles. The van der Waals surface area contributed by atoms with E-state index < -0.39 is 0 Å². The van der Waals surface area contributed by atoms with Crippen molar-refractivity contribution in [2.45, 2.75) is 51.0 Å². The van der Waals surface area contributed by atoms with Crippen LogP contribution in [0.2, 0.25) is 0 Å². The fourth-order valence-electron chi connectivity index (χ4n) is 3.56. The number of nitrogens with zero attached hydrogens (tertiary/aromatic N) is 2. The summed E-state index contributed by atoms with van der Waals surface area (Å²) in [6.45, 7) is 11.8. The van der Waals surface area contributed by atoms with Crippen LogP contribution in [0.1, 0.15) is 40.5 Å². The molecule has 3 nitrogen and oxygen atoms in total. The first-order valence-electron chi connectivity index (χ1n) is 8.53. The Hall–Kier alpha value is -1.00. The van der Waals surface area contributed by atoms with Gasteiger partial charge in [-0.1, -0.05) is 13.8 Å². The molecule has 0 bridgehead atoms. The molecule has 1 saturated heterocycles. The third-order valence-electron chi connectivity index (χ3n) is 4.74. The molecule has 1 heterocycles. The SMILES string of the molecule is CSc1ccc(N(C(C)=O)C2(C)CCN(CC(C)C)CC2)cc1. The van der Waals surface area contributed by atoms with Crippen molar-refractivity contribution in [3.63, 3.8) is 0 Å². The zero-order valence-electron chi connectivity index (χ0n) is 15.1. The highest BCUT2D eigenvalue weighted by Gasteiger charge is 2.38. The molecule has 23 heavy (non-hydrogen) atoms. The van der Waals surface area contributed by atoms with Crippen LogP contribution in [0.4, 0.5) is 5.69 Å². The third kappa shape index (κ3) is 4.51. The monoisotopic (exact) mass is 334 g/mol. The smallest absolute Gasteiger partial charge is 0.224 e. The lowest BCUT2D eigenvalue weighted by atomic mass is 9.86. The first-order chi connectivity index (χ1) is 10.9. The minimum absolute atomic E-state index is 0.0831. The molecular formula is C19H30N2OS. The summed E-state index contributed by atoms with van der Waals surface area (Å²) in [7, 11) is 0. The van der Waals surface area contributed by atoms with Gasteiger partial charge in [0.05, 0.1) is 0 Å². The summed E-state index contributed by atoms with van der Waals surface area (Å²) in [5.41, 5.74) is 0.940. The Bertz CT molecular complexity index is 519. The van der Waals surface area contributed by atoms with Crippen LogP contribution in [0.25, 0.3) is 0 Å². The van der Waals surface area contributed by atoms with Crippen molar-refractivity contribution >= 4 is 23.4 Å². The van der Waals surface area contributed by atoms with Gasteiger partial charge in [0.15, 0.2) is 0 Å². The number of rotatable bonds is 5. The van der Waals surface area contributed by atoms with Gasteiger partial charge < -0.3 is 9.80 Å². The van der Waals surface area contributed by atoms with E-state index in [4.69, 9.17) is 0 Å². The van der Waals surface area contributed by atoms with Gasteiger partial charge in [0.2, 0.25) is 5.91 Å². The van der Waals surface area contributed by atoms with Crippen molar-refractivity contribution in [2.24, 2.45) is 5.92 Å². The molecule has 0 saturated carbocycles. The molecule has 1 aromatic carbocycles. The van der Waals surface area contributed by atoms with Gasteiger partial charge in [-0.3, -0.25) is 4.79 Å². The molecule has 0 radical (unpaired) electrons. The van der Waals surface area contributed by atoms with Gasteiger partial charge in [0, 0.05) is 42.7 Å². The summed E-state index contributed by atoms with van der Waals surface area (Å²) in [5.74, 6) is 0.837. The lowest BCUT2D eigenvalue weighted by Crippen LogP contribution is -2.56. The van der Waals surface area contributed by atoms with Crippen LogP contribution in [0.15, 0.2) is 29.2 Å². The molecule has 128 valence electrons. The number of hydrogen-bond acceptors (Lipinski definition) is 3. The zero-order valence-corrected chi connectivity index (χ0v) is 15.9. The quantitative estimate of drug-likeness (QED) is 0.751. The van der Waals surface area contributed by atoms with Gasteiger partial charge in [-0.2, -0.15) is 0 Å². The Morgan fingerprint density at radius 3 is 2.26 bits per heavy atom. The van der Waals surface area contributed by atoms with Gasteiger partial charge in [-0.25, -0.2) is 0 Å². The summed E-state index contributed by atoms with van der Waals surface area (Å²) in [5, 5.41) is 0. The van der Waals surface area contributed by atoms with Crippen LogP contribution in [0, 0.1) is 5.92 Å². The van der Waals surface area contributed by atoms with Gasteiger partial charge in [-0.15, -0.1) is 11.8 Å². The van der Waals surface area contributed by atoms with E-state index in [9.17, 15) is 4.79 Å². The van der Waals surface area contributed by atoms with Crippen molar-refractivity contribution in [2.75, 3.05) is 30.8 Å². The highest BCUT2D eigenvalue weighted by molar-refractivity contribution is 7.98. The first-order valence-corrected chi connectivity index (χ1v) is 9.75. The number of thioether (sulfide) groups is 1. The molecule has 4 heteroatoms. The van der Waals surface area contributed by atoms with E-state index in [1.54, 1.807) is 18.7 Å². The van der Waals surface area contributed by atoms with E-state index in [-0.39, 0.29) is 11.4 Å². The molecule has 0 spiro atoms. The van der Waals surface area contributed by atoms with Gasteiger partial charge in [0.1, 0.15) is 0 Å². The third-order valence-corrected chi connectivity index (χ3v) is 5.49. The predicted molar refractivity (Wildman–Crippen MR) is 100 cm³/mol. The normalized spacial score (nSPS) is 18.2.